The van der Waals surface area contributed by atoms with Crippen LogP contribution in [0.1, 0.15) is 66.2 Å². The summed E-state index contributed by atoms with van der Waals surface area (Å²) in [6.07, 6.45) is 0.474. The summed E-state index contributed by atoms with van der Waals surface area (Å²) in [6.45, 7) is 6.50. The molecule has 0 radical (unpaired) electrons. The van der Waals surface area contributed by atoms with Gasteiger partial charge in [-0.2, -0.15) is 23.4 Å². The topological polar surface area (TPSA) is 238 Å². The predicted molar refractivity (Wildman–Crippen MR) is 302 cm³/mol. The molecular formula is C55H71ClF3N11O9S. The van der Waals surface area contributed by atoms with Gasteiger partial charge in [-0.05, 0) is 99.4 Å². The Bertz CT molecular complexity index is 2710. The maximum Gasteiger partial charge on any atom is 0.390 e. The molecule has 0 spiro atoms. The van der Waals surface area contributed by atoms with E-state index in [1.165, 1.54) is 22.2 Å². The van der Waals surface area contributed by atoms with Gasteiger partial charge in [0, 0.05) is 79.5 Å². The fraction of sp³-hybridized carbons (Fsp3) is 0.455. The number of aryl methyl sites for hydroxylation is 2. The number of nitrogens with zero attached hydrogens (tertiary/aromatic N) is 7. The van der Waals surface area contributed by atoms with E-state index in [0.717, 1.165) is 48.2 Å². The molecular weight excluding hydrogens is 1080 g/mol. The van der Waals surface area contributed by atoms with E-state index < -0.39 is 43.0 Å². The molecule has 0 aliphatic heterocycles. The molecule has 0 saturated carbocycles. The first-order valence-corrected chi connectivity index (χ1v) is 27.3. The maximum absolute atomic E-state index is 13.8. The highest BCUT2D eigenvalue weighted by Gasteiger charge is 2.37. The smallest absolute Gasteiger partial charge is 0.390 e. The summed E-state index contributed by atoms with van der Waals surface area (Å²) in [5.41, 5.74) is 4.17. The van der Waals surface area contributed by atoms with Crippen LogP contribution in [0.3, 0.4) is 0 Å². The molecule has 0 bridgehead atoms. The summed E-state index contributed by atoms with van der Waals surface area (Å²) in [4.78, 5) is 62.2. The standard InChI is InChI=1S/C55H71ClF3N11O9S/c1-40-49(38-63-69(40)3)51(52(73)62-36-42-6-11-43(56)12-7-42)70(25-22-55(57,58)59)50(72)19-10-41-8-15-47(16-9-41)78-28-5-4-24-68(2)26-31-77-33-32-75-29-21-45(67-60)37-61-23-30-76-34-35-79-48-17-13-44(14-18-48)64-53(74)66-54-65-46(20-27-71)39-80-54/h6-9,11-18,27,37-39,51H,4-5,10,19-26,28-36,60H2,1-3H3,(H,62,73)(H2,64,65,66,74)/b61-37?,67-45-. The predicted octanol–water partition coefficient (Wildman–Crippen LogP) is 7.99. The molecule has 4 amide bonds. The number of aliphatic imine (C=N–C) groups is 1. The number of alkyl halides is 3. The van der Waals surface area contributed by atoms with Crippen LogP contribution >= 0.6 is 22.9 Å². The van der Waals surface area contributed by atoms with Gasteiger partial charge in [-0.15, -0.1) is 11.3 Å². The molecule has 5 N–H and O–H groups in total. The number of nitrogens with two attached hydrogens (primary N) is 1. The van der Waals surface area contributed by atoms with Crippen LogP contribution in [0.25, 0.3) is 0 Å². The van der Waals surface area contributed by atoms with Crippen molar-refractivity contribution < 1.29 is 56.0 Å². The van der Waals surface area contributed by atoms with Crippen LogP contribution in [0.4, 0.5) is 28.8 Å². The van der Waals surface area contributed by atoms with Gasteiger partial charge in [-0.25, -0.2) is 9.78 Å². The second kappa shape index (κ2) is 34.9. The lowest BCUT2D eigenvalue weighted by Gasteiger charge is -2.31. The molecule has 434 valence electrons. The maximum atomic E-state index is 13.8. The summed E-state index contributed by atoms with van der Waals surface area (Å²) < 4.78 is 71.0. The van der Waals surface area contributed by atoms with Crippen LogP contribution in [0.5, 0.6) is 11.5 Å². The first-order chi connectivity index (χ1) is 38.6. The summed E-state index contributed by atoms with van der Waals surface area (Å²) >= 11 is 7.24. The number of aldehydes is 1. The number of nitrogens with one attached hydrogen (secondary N) is 3. The summed E-state index contributed by atoms with van der Waals surface area (Å²) in [5.74, 6) is 5.60. The van der Waals surface area contributed by atoms with Crippen molar-refractivity contribution in [2.45, 2.75) is 70.6 Å². The Labute approximate surface area is 473 Å². The molecule has 0 aliphatic rings. The number of halogens is 4. The minimum atomic E-state index is -4.56. The Morgan fingerprint density at radius 3 is 2.20 bits per heavy atom. The third-order valence-corrected chi connectivity index (χ3v) is 13.2. The van der Waals surface area contributed by atoms with Crippen molar-refractivity contribution >= 4 is 69.8 Å². The number of hydrogen-bond donors (Lipinski definition) is 4. The van der Waals surface area contributed by atoms with Crippen molar-refractivity contribution in [3.8, 4) is 11.5 Å². The normalized spacial score (nSPS) is 12.2. The molecule has 1 atom stereocenters. The summed E-state index contributed by atoms with van der Waals surface area (Å²) in [7, 11) is 3.69. The first kappa shape index (κ1) is 63.9. The number of likely N-dealkylation sites (N-methyl/N-ethyl adjacent to an activating group) is 1. The molecule has 5 aromatic rings. The van der Waals surface area contributed by atoms with Crippen LogP contribution in [-0.4, -0.2) is 153 Å². The largest absolute Gasteiger partial charge is 0.494 e. The van der Waals surface area contributed by atoms with E-state index >= 15 is 0 Å². The van der Waals surface area contributed by atoms with E-state index in [2.05, 4.69) is 41.0 Å². The van der Waals surface area contributed by atoms with Gasteiger partial charge >= 0.3 is 12.2 Å². The molecule has 0 saturated heterocycles. The number of anilines is 2. The summed E-state index contributed by atoms with van der Waals surface area (Å²) in [6, 6.07) is 19.1. The number of thiazole rings is 1. The van der Waals surface area contributed by atoms with Crippen LogP contribution < -0.4 is 31.3 Å². The van der Waals surface area contributed by atoms with Gasteiger partial charge in [-0.1, -0.05) is 35.9 Å². The van der Waals surface area contributed by atoms with Crippen LogP contribution in [0.2, 0.25) is 5.02 Å². The number of benzene rings is 3. The monoisotopic (exact) mass is 1150 g/mol. The van der Waals surface area contributed by atoms with Crippen LogP contribution in [-0.2, 0) is 55.0 Å². The Hall–Kier alpha value is -6.96. The highest BCUT2D eigenvalue weighted by molar-refractivity contribution is 7.14. The molecule has 2 aromatic heterocycles. The number of carbonyl (C=O) groups is 4. The van der Waals surface area contributed by atoms with E-state index in [4.69, 9.17) is 41.1 Å². The quantitative estimate of drug-likeness (QED) is 0.00971. The van der Waals surface area contributed by atoms with Crippen molar-refractivity contribution in [3.63, 3.8) is 0 Å². The van der Waals surface area contributed by atoms with Gasteiger partial charge in [-0.3, -0.25) is 24.6 Å². The van der Waals surface area contributed by atoms with E-state index in [0.29, 0.717) is 116 Å². The summed E-state index contributed by atoms with van der Waals surface area (Å²) in [5, 5.41) is 18.8. The highest BCUT2D eigenvalue weighted by Crippen LogP contribution is 2.29. The van der Waals surface area contributed by atoms with Crippen LogP contribution in [0.15, 0.2) is 94.5 Å². The van der Waals surface area contributed by atoms with Crippen molar-refractivity contribution in [2.75, 3.05) is 96.7 Å². The number of carbonyl (C=O) groups excluding carboxylic acids is 4. The third-order valence-electron chi connectivity index (χ3n) is 12.2. The van der Waals surface area contributed by atoms with Crippen molar-refractivity contribution in [1.82, 2.24) is 29.9 Å². The fourth-order valence-electron chi connectivity index (χ4n) is 7.63. The molecule has 20 nitrogen and oxygen atoms in total. The van der Waals surface area contributed by atoms with Crippen molar-refractivity contribution in [3.05, 3.63) is 117 Å². The zero-order valence-corrected chi connectivity index (χ0v) is 46.8. The SMILES string of the molecule is Cc1c(C(C(=O)NCc2ccc(Cl)cc2)N(CCC(F)(F)F)C(=O)CCc2ccc(OCCCCN(C)CCOCCOCC/C(C=NCCOCCOc3ccc(NC(=O)Nc4nc(CC=O)cs4)cc3)=N/N)cc2)cnn1C. The second-order valence-corrected chi connectivity index (χ2v) is 19.5. The number of aromatic nitrogens is 3. The minimum Gasteiger partial charge on any atom is -0.494 e. The average Bonchev–Trinajstić information content (AvgIpc) is 4.07. The number of hydrazone groups is 1. The molecule has 0 aliphatic carbocycles. The lowest BCUT2D eigenvalue weighted by Crippen LogP contribution is -2.45. The number of ether oxygens (including phenoxy) is 5. The number of hydrogen-bond acceptors (Lipinski definition) is 16. The van der Waals surface area contributed by atoms with Gasteiger partial charge in [0.2, 0.25) is 11.8 Å². The number of rotatable bonds is 37. The molecule has 80 heavy (non-hydrogen) atoms. The molecule has 0 fully saturated rings. The highest BCUT2D eigenvalue weighted by atomic mass is 35.5. The number of urea groups is 1. The van der Waals surface area contributed by atoms with Gasteiger partial charge in [0.25, 0.3) is 0 Å². The molecule has 1 unspecified atom stereocenters. The van der Waals surface area contributed by atoms with E-state index in [9.17, 15) is 32.3 Å². The Morgan fingerprint density at radius 2 is 1.51 bits per heavy atom. The number of amides is 4. The zero-order valence-electron chi connectivity index (χ0n) is 45.3. The van der Waals surface area contributed by atoms with Gasteiger partial charge < -0.3 is 54.8 Å². The lowest BCUT2D eigenvalue weighted by atomic mass is 10.0. The van der Waals surface area contributed by atoms with E-state index in [1.54, 1.807) is 86.2 Å². The zero-order chi connectivity index (χ0) is 57.5. The van der Waals surface area contributed by atoms with Crippen LogP contribution in [0, 0.1) is 6.92 Å². The van der Waals surface area contributed by atoms with Gasteiger partial charge in [0.15, 0.2) is 5.13 Å². The van der Waals surface area contributed by atoms with Gasteiger partial charge in [0.05, 0.1) is 76.8 Å². The molecule has 2 heterocycles. The second-order valence-electron chi connectivity index (χ2n) is 18.2. The lowest BCUT2D eigenvalue weighted by molar-refractivity contribution is -0.152. The van der Waals surface area contributed by atoms with Gasteiger partial charge in [0.1, 0.15) is 30.4 Å². The Balaban J connectivity index is 0.872. The molecule has 3 aromatic carbocycles. The van der Waals surface area contributed by atoms with Crippen molar-refractivity contribution in [2.24, 2.45) is 23.0 Å². The minimum absolute atomic E-state index is 0.0805. The average molecular weight is 1150 g/mol. The third kappa shape index (κ3) is 24.2. The van der Waals surface area contributed by atoms with Crippen molar-refractivity contribution in [1.29, 1.82) is 0 Å². The van der Waals surface area contributed by atoms with E-state index in [-0.39, 0.29) is 25.8 Å². The first-order valence-electron chi connectivity index (χ1n) is 26.1. The fourth-order valence-corrected chi connectivity index (χ4v) is 8.47. The van der Waals surface area contributed by atoms with E-state index in [1.807, 2.05) is 19.2 Å². The number of unbranched alkanes of at least 4 members (excludes halogenated alkanes) is 1. The Kier molecular flexibility index (Phi) is 27.9. The Morgan fingerprint density at radius 1 is 0.838 bits per heavy atom. The molecule has 5 rings (SSSR count). The molecule has 25 heteroatoms.